The first-order valence-corrected chi connectivity index (χ1v) is 6.12. The van der Waals surface area contributed by atoms with Crippen LogP contribution in [0.4, 0.5) is 4.79 Å². The van der Waals surface area contributed by atoms with Crippen molar-refractivity contribution in [2.45, 2.75) is 37.8 Å². The fourth-order valence-electron chi connectivity index (χ4n) is 2.25. The van der Waals surface area contributed by atoms with Crippen LogP contribution in [0, 0.1) is 0 Å². The van der Waals surface area contributed by atoms with E-state index in [4.69, 9.17) is 0 Å². The number of carbonyl (C=O) groups is 3. The minimum atomic E-state index is -0.519. The number of imide groups is 1. The Balaban J connectivity index is 1.78. The van der Waals surface area contributed by atoms with Crippen LogP contribution in [-0.2, 0) is 9.59 Å². The Morgan fingerprint density at radius 2 is 2.00 bits per heavy atom. The van der Waals surface area contributed by atoms with Gasteiger partial charge in [-0.15, -0.1) is 0 Å². The topological polar surface area (TPSA) is 98.7 Å². The van der Waals surface area contributed by atoms with Crippen LogP contribution in [0.15, 0.2) is 0 Å². The summed E-state index contributed by atoms with van der Waals surface area (Å²) in [6.07, 6.45) is 2.53. The summed E-state index contributed by atoms with van der Waals surface area (Å²) < 4.78 is 0. The summed E-state index contributed by atoms with van der Waals surface area (Å²) in [7, 11) is 0. The van der Waals surface area contributed by atoms with Gasteiger partial charge in [-0.1, -0.05) is 0 Å². The Morgan fingerprint density at radius 3 is 2.56 bits per heavy atom. The van der Waals surface area contributed by atoms with Crippen molar-refractivity contribution in [3.63, 3.8) is 0 Å². The molecule has 2 aliphatic rings. The third-order valence-corrected chi connectivity index (χ3v) is 3.30. The van der Waals surface area contributed by atoms with Gasteiger partial charge in [-0.3, -0.25) is 14.5 Å². The van der Waals surface area contributed by atoms with E-state index >= 15 is 0 Å². The SMILES string of the molecule is O=C(CN1C(=O)CNC1=O)NC1CCC(O)CC1. The molecule has 0 aromatic heterocycles. The summed E-state index contributed by atoms with van der Waals surface area (Å²) in [5, 5.41) is 14.5. The molecule has 18 heavy (non-hydrogen) atoms. The Labute approximate surface area is 105 Å². The monoisotopic (exact) mass is 255 g/mol. The van der Waals surface area contributed by atoms with E-state index in [0.717, 1.165) is 17.7 Å². The number of amides is 4. The molecule has 4 amide bonds. The fraction of sp³-hybridized carbons (Fsp3) is 0.727. The number of rotatable bonds is 3. The zero-order valence-corrected chi connectivity index (χ0v) is 10.0. The van der Waals surface area contributed by atoms with E-state index in [0.29, 0.717) is 12.8 Å². The van der Waals surface area contributed by atoms with Crippen LogP contribution < -0.4 is 10.6 Å². The van der Waals surface area contributed by atoms with Gasteiger partial charge in [0.05, 0.1) is 12.6 Å². The second-order valence-corrected chi connectivity index (χ2v) is 4.71. The highest BCUT2D eigenvalue weighted by Gasteiger charge is 2.31. The number of carbonyl (C=O) groups excluding carboxylic acids is 3. The van der Waals surface area contributed by atoms with Gasteiger partial charge in [0.15, 0.2) is 0 Å². The molecule has 7 nitrogen and oxygen atoms in total. The number of urea groups is 1. The van der Waals surface area contributed by atoms with E-state index in [1.54, 1.807) is 0 Å². The number of hydrogen-bond acceptors (Lipinski definition) is 4. The minimum Gasteiger partial charge on any atom is -0.393 e. The molecule has 1 aliphatic carbocycles. The molecule has 1 aliphatic heterocycles. The molecule has 0 spiro atoms. The van der Waals surface area contributed by atoms with Crippen LogP contribution in [0.3, 0.4) is 0 Å². The van der Waals surface area contributed by atoms with Gasteiger partial charge in [-0.2, -0.15) is 0 Å². The van der Waals surface area contributed by atoms with Crippen molar-refractivity contribution in [3.05, 3.63) is 0 Å². The van der Waals surface area contributed by atoms with E-state index in [9.17, 15) is 19.5 Å². The van der Waals surface area contributed by atoms with Crippen molar-refractivity contribution in [2.75, 3.05) is 13.1 Å². The number of aliphatic hydroxyl groups excluding tert-OH is 1. The lowest BCUT2D eigenvalue weighted by atomic mass is 9.93. The molecule has 1 saturated heterocycles. The molecule has 3 N–H and O–H groups in total. The fourth-order valence-corrected chi connectivity index (χ4v) is 2.25. The molecule has 0 unspecified atom stereocenters. The standard InChI is InChI=1S/C11H17N3O4/c15-8-3-1-7(2-4-8)13-9(16)6-14-10(17)5-12-11(14)18/h7-8,15H,1-6H2,(H,12,18)(H,13,16). The summed E-state index contributed by atoms with van der Waals surface area (Å²) in [6.45, 7) is -0.272. The molecule has 0 aromatic carbocycles. The van der Waals surface area contributed by atoms with E-state index in [-0.39, 0.29) is 37.0 Å². The highest BCUT2D eigenvalue weighted by molar-refractivity contribution is 6.04. The maximum atomic E-state index is 11.7. The molecule has 0 aromatic rings. The second kappa shape index (κ2) is 5.34. The average Bonchev–Trinajstić information content (AvgIpc) is 2.64. The molecular weight excluding hydrogens is 238 g/mol. The molecule has 1 heterocycles. The Kier molecular flexibility index (Phi) is 3.81. The first-order chi connectivity index (χ1) is 8.56. The maximum absolute atomic E-state index is 11.7. The average molecular weight is 255 g/mol. The molecule has 0 radical (unpaired) electrons. The summed E-state index contributed by atoms with van der Waals surface area (Å²) in [4.78, 5) is 35.1. The van der Waals surface area contributed by atoms with Crippen molar-refractivity contribution in [1.82, 2.24) is 15.5 Å². The molecule has 0 atom stereocenters. The minimum absolute atomic E-state index is 0.0293. The molecule has 1 saturated carbocycles. The van der Waals surface area contributed by atoms with E-state index in [1.807, 2.05) is 0 Å². The van der Waals surface area contributed by atoms with Gasteiger partial charge in [0, 0.05) is 6.04 Å². The van der Waals surface area contributed by atoms with E-state index in [2.05, 4.69) is 10.6 Å². The van der Waals surface area contributed by atoms with Crippen molar-refractivity contribution in [1.29, 1.82) is 0 Å². The van der Waals surface area contributed by atoms with E-state index < -0.39 is 6.03 Å². The highest BCUT2D eigenvalue weighted by atomic mass is 16.3. The molecular formula is C11H17N3O4. The van der Waals surface area contributed by atoms with Crippen LogP contribution in [0.1, 0.15) is 25.7 Å². The zero-order valence-electron chi connectivity index (χ0n) is 10.0. The number of hydrogen-bond donors (Lipinski definition) is 3. The van der Waals surface area contributed by atoms with Gasteiger partial charge in [0.2, 0.25) is 5.91 Å². The largest absolute Gasteiger partial charge is 0.393 e. The quantitative estimate of drug-likeness (QED) is 0.561. The molecule has 7 heteroatoms. The summed E-state index contributed by atoms with van der Waals surface area (Å²) in [6, 6.07) is -0.490. The molecule has 2 rings (SSSR count). The Hall–Kier alpha value is -1.63. The van der Waals surface area contributed by atoms with Crippen LogP contribution in [0.5, 0.6) is 0 Å². The van der Waals surface area contributed by atoms with Crippen LogP contribution in [0.2, 0.25) is 0 Å². The highest BCUT2D eigenvalue weighted by Crippen LogP contribution is 2.18. The van der Waals surface area contributed by atoms with Gasteiger partial charge in [0.1, 0.15) is 6.54 Å². The van der Waals surface area contributed by atoms with Gasteiger partial charge >= 0.3 is 6.03 Å². The van der Waals surface area contributed by atoms with Crippen molar-refractivity contribution in [2.24, 2.45) is 0 Å². The summed E-state index contributed by atoms with van der Waals surface area (Å²) in [5.41, 5.74) is 0. The molecule has 2 fully saturated rings. The lowest BCUT2D eigenvalue weighted by Gasteiger charge is -2.26. The predicted octanol–water partition coefficient (Wildman–Crippen LogP) is -1.04. The Morgan fingerprint density at radius 1 is 1.33 bits per heavy atom. The summed E-state index contributed by atoms with van der Waals surface area (Å²) in [5.74, 6) is -0.712. The van der Waals surface area contributed by atoms with Crippen molar-refractivity contribution in [3.8, 4) is 0 Å². The lowest BCUT2D eigenvalue weighted by Crippen LogP contribution is -2.45. The number of nitrogens with zero attached hydrogens (tertiary/aromatic N) is 1. The first-order valence-electron chi connectivity index (χ1n) is 6.12. The number of aliphatic hydroxyl groups is 1. The molecule has 0 bridgehead atoms. The van der Waals surface area contributed by atoms with Gasteiger partial charge in [-0.25, -0.2) is 4.79 Å². The zero-order chi connectivity index (χ0) is 13.1. The van der Waals surface area contributed by atoms with Crippen LogP contribution in [0.25, 0.3) is 0 Å². The smallest absolute Gasteiger partial charge is 0.325 e. The third kappa shape index (κ3) is 2.98. The number of nitrogens with one attached hydrogen (secondary N) is 2. The first kappa shape index (κ1) is 12.8. The van der Waals surface area contributed by atoms with Gasteiger partial charge in [0.25, 0.3) is 5.91 Å². The Bertz CT molecular complexity index is 347. The predicted molar refractivity (Wildman–Crippen MR) is 61.5 cm³/mol. The van der Waals surface area contributed by atoms with Gasteiger partial charge in [-0.05, 0) is 25.7 Å². The molecule has 100 valence electrons. The van der Waals surface area contributed by atoms with Crippen LogP contribution >= 0.6 is 0 Å². The third-order valence-electron chi connectivity index (χ3n) is 3.30. The van der Waals surface area contributed by atoms with Crippen LogP contribution in [-0.4, -0.2) is 53.1 Å². The van der Waals surface area contributed by atoms with E-state index in [1.165, 1.54) is 0 Å². The van der Waals surface area contributed by atoms with Crippen molar-refractivity contribution < 1.29 is 19.5 Å². The summed E-state index contributed by atoms with van der Waals surface area (Å²) >= 11 is 0. The lowest BCUT2D eigenvalue weighted by molar-refractivity contribution is -0.131. The van der Waals surface area contributed by atoms with Gasteiger partial charge < -0.3 is 15.7 Å². The normalized spacial score (nSPS) is 28.2. The second-order valence-electron chi connectivity index (χ2n) is 4.71. The maximum Gasteiger partial charge on any atom is 0.325 e. The van der Waals surface area contributed by atoms with Crippen molar-refractivity contribution >= 4 is 17.8 Å².